The lowest BCUT2D eigenvalue weighted by atomic mass is 10.0. The third kappa shape index (κ3) is 4.83. The monoisotopic (exact) mass is 488 g/mol. The minimum Gasteiger partial charge on any atom is -0.369 e. The van der Waals surface area contributed by atoms with Crippen LogP contribution in [0.3, 0.4) is 0 Å². The van der Waals surface area contributed by atoms with Crippen LogP contribution in [-0.4, -0.2) is 61.3 Å². The Morgan fingerprint density at radius 3 is 2.03 bits per heavy atom. The number of piperazine rings is 1. The van der Waals surface area contributed by atoms with Crippen LogP contribution in [0.4, 0.5) is 5.69 Å². The highest BCUT2D eigenvalue weighted by Crippen LogP contribution is 2.33. The van der Waals surface area contributed by atoms with E-state index in [-0.39, 0.29) is 0 Å². The number of nitrogens with zero attached hydrogens (tertiary/aromatic N) is 4. The molecule has 1 fully saturated rings. The Labute approximate surface area is 208 Å². The molecule has 0 aliphatic carbocycles. The normalized spacial score (nSPS) is 15.3. The average molecular weight is 489 g/mol. The van der Waals surface area contributed by atoms with E-state index in [1.165, 1.54) is 11.9 Å². The van der Waals surface area contributed by atoms with Gasteiger partial charge >= 0.3 is 0 Å². The second-order valence-corrected chi connectivity index (χ2v) is 11.7. The number of hydrogen-bond acceptors (Lipinski definition) is 5. The summed E-state index contributed by atoms with van der Waals surface area (Å²) in [6.45, 7) is 8.86. The molecule has 0 amide bonds. The molecule has 0 spiro atoms. The molecule has 35 heavy (non-hydrogen) atoms. The predicted molar refractivity (Wildman–Crippen MR) is 143 cm³/mol. The van der Waals surface area contributed by atoms with Gasteiger partial charge in [0.1, 0.15) is 0 Å². The molecule has 2 aromatic rings. The molecule has 1 saturated heterocycles. The van der Waals surface area contributed by atoms with Crippen LogP contribution >= 0.6 is 0 Å². The van der Waals surface area contributed by atoms with Gasteiger partial charge in [-0.2, -0.15) is 0 Å². The SMILES string of the molecule is CC(C)N1CCN(c2ccc(-c3cc4nc(-c5ccc(S(C)(=O)=O)cc5)cc-4n(C)c3)cc2)CC1. The number of fused-ring (bicyclic) bond motifs is 1. The molecule has 0 saturated carbocycles. The highest BCUT2D eigenvalue weighted by atomic mass is 32.2. The largest absolute Gasteiger partial charge is 0.369 e. The maximum atomic E-state index is 11.8. The maximum Gasteiger partial charge on any atom is 0.175 e. The average Bonchev–Trinajstić information content (AvgIpc) is 3.29. The first-order chi connectivity index (χ1) is 16.7. The Kier molecular flexibility index (Phi) is 6.15. The van der Waals surface area contributed by atoms with E-state index in [0.29, 0.717) is 10.9 Å². The number of anilines is 1. The van der Waals surface area contributed by atoms with Crippen molar-refractivity contribution in [3.63, 3.8) is 0 Å². The second-order valence-electron chi connectivity index (χ2n) is 9.71. The van der Waals surface area contributed by atoms with Crippen LogP contribution in [0.15, 0.2) is 71.8 Å². The van der Waals surface area contributed by atoms with Crippen molar-refractivity contribution in [2.24, 2.45) is 7.05 Å². The Hall–Kier alpha value is -3.16. The van der Waals surface area contributed by atoms with Gasteiger partial charge in [-0.15, -0.1) is 0 Å². The molecule has 3 aliphatic heterocycles. The molecule has 3 heterocycles. The summed E-state index contributed by atoms with van der Waals surface area (Å²) in [5.41, 5.74) is 7.24. The van der Waals surface area contributed by atoms with E-state index in [4.69, 9.17) is 4.98 Å². The molecule has 0 atom stereocenters. The minimum absolute atomic E-state index is 0.315. The van der Waals surface area contributed by atoms with E-state index in [9.17, 15) is 8.42 Å². The Morgan fingerprint density at radius 1 is 0.800 bits per heavy atom. The summed E-state index contributed by atoms with van der Waals surface area (Å²) in [7, 11) is -1.18. The zero-order chi connectivity index (χ0) is 24.7. The fourth-order valence-corrected chi connectivity index (χ4v) is 5.44. The maximum absolute atomic E-state index is 11.8. The van der Waals surface area contributed by atoms with E-state index in [1.54, 1.807) is 12.1 Å². The lowest BCUT2D eigenvalue weighted by Crippen LogP contribution is -2.48. The van der Waals surface area contributed by atoms with Crippen molar-refractivity contribution >= 4 is 15.5 Å². The summed E-state index contributed by atoms with van der Waals surface area (Å²) >= 11 is 0. The fraction of sp³-hybridized carbons (Fsp3) is 0.321. The molecule has 2 aromatic carbocycles. The number of aryl methyl sites for hydroxylation is 1. The summed E-state index contributed by atoms with van der Waals surface area (Å²) in [6, 6.07) is 20.5. The first-order valence-corrected chi connectivity index (χ1v) is 14.0. The first kappa shape index (κ1) is 23.6. The Balaban J connectivity index is 1.38. The van der Waals surface area contributed by atoms with Crippen molar-refractivity contribution in [2.75, 3.05) is 37.3 Å². The smallest absolute Gasteiger partial charge is 0.175 e. The van der Waals surface area contributed by atoms with Crippen molar-refractivity contribution < 1.29 is 8.42 Å². The van der Waals surface area contributed by atoms with Gasteiger partial charge in [-0.1, -0.05) is 24.3 Å². The van der Waals surface area contributed by atoms with Crippen LogP contribution in [0.1, 0.15) is 13.8 Å². The topological polar surface area (TPSA) is 58.4 Å². The van der Waals surface area contributed by atoms with Gasteiger partial charge in [0, 0.05) is 68.5 Å². The molecule has 6 nitrogen and oxygen atoms in total. The summed E-state index contributed by atoms with van der Waals surface area (Å²) in [4.78, 5) is 10.2. The number of sulfone groups is 1. The first-order valence-electron chi connectivity index (χ1n) is 12.1. The van der Waals surface area contributed by atoms with Gasteiger partial charge in [0.2, 0.25) is 0 Å². The summed E-state index contributed by atoms with van der Waals surface area (Å²) in [5.74, 6) is 0. The van der Waals surface area contributed by atoms with Crippen molar-refractivity contribution in [1.82, 2.24) is 14.5 Å². The van der Waals surface area contributed by atoms with Gasteiger partial charge in [0.05, 0.1) is 22.0 Å². The van der Waals surface area contributed by atoms with Crippen molar-refractivity contribution in [1.29, 1.82) is 0 Å². The molecular formula is C28H32N4O2S. The summed E-state index contributed by atoms with van der Waals surface area (Å²) in [5, 5.41) is 0. The number of rotatable bonds is 5. The summed E-state index contributed by atoms with van der Waals surface area (Å²) in [6.07, 6.45) is 3.36. The molecule has 0 bridgehead atoms. The molecular weight excluding hydrogens is 456 g/mol. The van der Waals surface area contributed by atoms with E-state index >= 15 is 0 Å². The number of aromatic nitrogens is 2. The Morgan fingerprint density at radius 2 is 1.43 bits per heavy atom. The van der Waals surface area contributed by atoms with Crippen molar-refractivity contribution in [3.05, 3.63) is 66.9 Å². The van der Waals surface area contributed by atoms with Gasteiger partial charge in [-0.25, -0.2) is 13.4 Å². The van der Waals surface area contributed by atoms with Gasteiger partial charge in [-0.3, -0.25) is 4.90 Å². The molecule has 0 unspecified atom stereocenters. The number of hydrogen-bond donors (Lipinski definition) is 0. The molecule has 0 radical (unpaired) electrons. The number of pyridine rings is 1. The van der Waals surface area contributed by atoms with Crippen LogP contribution in [0.25, 0.3) is 33.8 Å². The highest BCUT2D eigenvalue weighted by Gasteiger charge is 2.19. The highest BCUT2D eigenvalue weighted by molar-refractivity contribution is 7.90. The lowest BCUT2D eigenvalue weighted by Gasteiger charge is -2.38. The molecule has 3 aliphatic rings. The predicted octanol–water partition coefficient (Wildman–Crippen LogP) is 4.79. The molecule has 0 aromatic heterocycles. The van der Waals surface area contributed by atoms with E-state index in [0.717, 1.165) is 60.0 Å². The van der Waals surface area contributed by atoms with Gasteiger partial charge in [0.15, 0.2) is 9.84 Å². The number of benzene rings is 2. The Bertz CT molecular complexity index is 1400. The van der Waals surface area contributed by atoms with Crippen LogP contribution in [0, 0.1) is 0 Å². The van der Waals surface area contributed by atoms with Crippen molar-refractivity contribution in [3.8, 4) is 33.8 Å². The molecule has 7 heteroatoms. The quantitative estimate of drug-likeness (QED) is 0.404. The summed E-state index contributed by atoms with van der Waals surface area (Å²) < 4.78 is 25.6. The lowest BCUT2D eigenvalue weighted by molar-refractivity contribution is 0.209. The van der Waals surface area contributed by atoms with E-state index in [2.05, 4.69) is 70.8 Å². The minimum atomic E-state index is -3.22. The second kappa shape index (κ2) is 9.13. The fourth-order valence-electron chi connectivity index (χ4n) is 4.81. The van der Waals surface area contributed by atoms with E-state index in [1.807, 2.05) is 19.2 Å². The van der Waals surface area contributed by atoms with Crippen LogP contribution in [-0.2, 0) is 16.9 Å². The van der Waals surface area contributed by atoms with Gasteiger partial charge in [-0.05, 0) is 55.8 Å². The van der Waals surface area contributed by atoms with Crippen LogP contribution in [0.5, 0.6) is 0 Å². The zero-order valence-corrected chi connectivity index (χ0v) is 21.6. The molecule has 0 N–H and O–H groups in total. The van der Waals surface area contributed by atoms with Crippen LogP contribution in [0.2, 0.25) is 0 Å². The molecule has 5 rings (SSSR count). The van der Waals surface area contributed by atoms with Crippen LogP contribution < -0.4 is 4.90 Å². The van der Waals surface area contributed by atoms with Crippen molar-refractivity contribution in [2.45, 2.75) is 24.8 Å². The van der Waals surface area contributed by atoms with E-state index < -0.39 is 9.84 Å². The van der Waals surface area contributed by atoms with Gasteiger partial charge in [0.25, 0.3) is 0 Å². The standard InChI is InChI=1S/C28H32N4O2S/c1-20(2)31-13-15-32(16-14-31)24-9-5-21(6-10-24)23-17-27-28(30(3)19-23)18-26(29-27)22-7-11-25(12-8-22)35(4,33)34/h5-12,17-20H,13-16H2,1-4H3. The molecule has 182 valence electrons. The van der Waals surface area contributed by atoms with Gasteiger partial charge < -0.3 is 9.47 Å². The third-order valence-electron chi connectivity index (χ3n) is 6.97. The third-order valence-corrected chi connectivity index (χ3v) is 8.10. The zero-order valence-electron chi connectivity index (χ0n) is 20.8.